The van der Waals surface area contributed by atoms with E-state index < -0.39 is 5.54 Å². The molecule has 3 aliphatic rings. The van der Waals surface area contributed by atoms with Crippen LogP contribution in [0, 0.1) is 0 Å². The van der Waals surface area contributed by atoms with Gasteiger partial charge in [0.25, 0.3) is 5.91 Å². The summed E-state index contributed by atoms with van der Waals surface area (Å²) in [5.41, 5.74) is 1.87. The van der Waals surface area contributed by atoms with Crippen molar-refractivity contribution in [3.05, 3.63) is 59.9 Å². The highest BCUT2D eigenvalue weighted by molar-refractivity contribution is 6.05. The van der Waals surface area contributed by atoms with Crippen molar-refractivity contribution in [3.8, 4) is 0 Å². The van der Waals surface area contributed by atoms with E-state index in [4.69, 9.17) is 0 Å². The van der Waals surface area contributed by atoms with E-state index in [9.17, 15) is 9.59 Å². The summed E-state index contributed by atoms with van der Waals surface area (Å²) in [6, 6.07) is 11.7. The third-order valence-corrected chi connectivity index (χ3v) is 7.34. The number of amides is 2. The second-order valence-electron chi connectivity index (χ2n) is 9.03. The summed E-state index contributed by atoms with van der Waals surface area (Å²) in [6.07, 6.45) is 12.9. The first-order valence-electron chi connectivity index (χ1n) is 11.3. The van der Waals surface area contributed by atoms with Crippen molar-refractivity contribution in [2.75, 3.05) is 5.32 Å². The van der Waals surface area contributed by atoms with E-state index in [0.29, 0.717) is 11.3 Å². The van der Waals surface area contributed by atoms with Crippen molar-refractivity contribution in [1.82, 2.24) is 9.88 Å². The Morgan fingerprint density at radius 1 is 1.00 bits per heavy atom. The first-order valence-corrected chi connectivity index (χ1v) is 11.3. The summed E-state index contributed by atoms with van der Waals surface area (Å²) in [5, 5.41) is 3.11. The van der Waals surface area contributed by atoms with Crippen molar-refractivity contribution >= 4 is 17.5 Å². The van der Waals surface area contributed by atoms with Crippen molar-refractivity contribution in [2.24, 2.45) is 0 Å². The quantitative estimate of drug-likeness (QED) is 0.792. The number of aromatic nitrogens is 1. The largest absolute Gasteiger partial charge is 0.329 e. The van der Waals surface area contributed by atoms with E-state index in [-0.39, 0.29) is 23.8 Å². The molecule has 2 fully saturated rings. The second-order valence-corrected chi connectivity index (χ2v) is 9.03. The molecule has 2 heterocycles. The van der Waals surface area contributed by atoms with Gasteiger partial charge in [0.15, 0.2) is 0 Å². The molecule has 1 spiro atoms. The van der Waals surface area contributed by atoms with Crippen LogP contribution >= 0.6 is 0 Å². The first kappa shape index (κ1) is 19.3. The molecule has 0 unspecified atom stereocenters. The van der Waals surface area contributed by atoms with Crippen LogP contribution in [-0.4, -0.2) is 33.3 Å². The number of fused-ring (bicyclic) bond motifs is 1. The Bertz CT molecular complexity index is 930. The fourth-order valence-electron chi connectivity index (χ4n) is 6.13. The molecule has 5 nitrogen and oxygen atoms in total. The fourth-order valence-corrected chi connectivity index (χ4v) is 6.13. The molecule has 30 heavy (non-hydrogen) atoms. The Morgan fingerprint density at radius 2 is 1.77 bits per heavy atom. The molecule has 2 aliphatic carbocycles. The summed E-state index contributed by atoms with van der Waals surface area (Å²) in [5.74, 6) is -0.245. The molecule has 1 aromatic carbocycles. The Balaban J connectivity index is 1.63. The maximum absolute atomic E-state index is 13.8. The lowest BCUT2D eigenvalue weighted by atomic mass is 9.64. The topological polar surface area (TPSA) is 62.3 Å². The number of nitrogens with zero attached hydrogens (tertiary/aromatic N) is 2. The van der Waals surface area contributed by atoms with Crippen LogP contribution in [-0.2, 0) is 4.79 Å². The van der Waals surface area contributed by atoms with Crippen LogP contribution in [0.25, 0.3) is 0 Å². The molecule has 156 valence electrons. The molecule has 1 aromatic heterocycles. The fraction of sp³-hybridized carbons (Fsp3) is 0.480. The zero-order valence-corrected chi connectivity index (χ0v) is 17.3. The van der Waals surface area contributed by atoms with Crippen LogP contribution in [0.3, 0.4) is 0 Å². The van der Waals surface area contributed by atoms with E-state index in [1.54, 1.807) is 12.4 Å². The summed E-state index contributed by atoms with van der Waals surface area (Å²) >= 11 is 0. The van der Waals surface area contributed by atoms with Crippen LogP contribution in [0.2, 0.25) is 0 Å². The number of hydrogen-bond donors (Lipinski definition) is 1. The lowest BCUT2D eigenvalue weighted by Gasteiger charge is -2.56. The maximum atomic E-state index is 13.8. The first-order chi connectivity index (χ1) is 14.7. The maximum Gasteiger partial charge on any atom is 0.254 e. The number of pyridine rings is 1. The lowest BCUT2D eigenvalue weighted by Crippen LogP contribution is -2.64. The Hall–Kier alpha value is -2.69. The average Bonchev–Trinajstić information content (AvgIpc) is 3.29. The second kappa shape index (κ2) is 7.86. The van der Waals surface area contributed by atoms with E-state index >= 15 is 0 Å². The molecule has 2 amide bonds. The average molecular weight is 404 g/mol. The third kappa shape index (κ3) is 3.11. The van der Waals surface area contributed by atoms with Crippen molar-refractivity contribution in [2.45, 2.75) is 75.3 Å². The number of anilines is 1. The number of nitrogens with one attached hydrogen (secondary N) is 1. The van der Waals surface area contributed by atoms with E-state index in [1.807, 2.05) is 36.4 Å². The van der Waals surface area contributed by atoms with Gasteiger partial charge in [0.2, 0.25) is 5.91 Å². The monoisotopic (exact) mass is 403 g/mol. The molecule has 0 saturated heterocycles. The molecule has 1 N–H and O–H groups in total. The smallest absolute Gasteiger partial charge is 0.254 e. The minimum Gasteiger partial charge on any atom is -0.329 e. The Labute approximate surface area is 177 Å². The van der Waals surface area contributed by atoms with E-state index in [0.717, 1.165) is 44.1 Å². The van der Waals surface area contributed by atoms with Gasteiger partial charge in [-0.1, -0.05) is 50.3 Å². The van der Waals surface area contributed by atoms with Gasteiger partial charge in [0, 0.05) is 17.8 Å². The van der Waals surface area contributed by atoms with Gasteiger partial charge in [0.05, 0.1) is 23.3 Å². The minimum atomic E-state index is -0.426. The van der Waals surface area contributed by atoms with Gasteiger partial charge in [-0.3, -0.25) is 14.6 Å². The van der Waals surface area contributed by atoms with Crippen LogP contribution in [0.4, 0.5) is 5.69 Å². The number of hydrogen-bond acceptors (Lipinski definition) is 3. The summed E-state index contributed by atoms with van der Waals surface area (Å²) < 4.78 is 0. The summed E-state index contributed by atoms with van der Waals surface area (Å²) in [6.45, 7) is 0. The third-order valence-electron chi connectivity index (χ3n) is 7.34. The van der Waals surface area contributed by atoms with Gasteiger partial charge >= 0.3 is 0 Å². The normalized spacial score (nSPS) is 23.4. The summed E-state index contributed by atoms with van der Waals surface area (Å²) in [4.78, 5) is 33.9. The highest BCUT2D eigenvalue weighted by Gasteiger charge is 2.56. The molecule has 2 aromatic rings. The van der Waals surface area contributed by atoms with Gasteiger partial charge in [0.1, 0.15) is 0 Å². The minimum absolute atomic E-state index is 0.0205. The van der Waals surface area contributed by atoms with Crippen molar-refractivity contribution in [1.29, 1.82) is 0 Å². The molecule has 2 saturated carbocycles. The van der Waals surface area contributed by atoms with Gasteiger partial charge in [-0.2, -0.15) is 0 Å². The molecule has 0 bridgehead atoms. The molecular weight excluding hydrogens is 374 g/mol. The molecule has 5 heteroatoms. The number of carbonyl (C=O) groups is 2. The van der Waals surface area contributed by atoms with Crippen molar-refractivity contribution < 1.29 is 9.59 Å². The molecule has 5 rings (SSSR count). The lowest BCUT2D eigenvalue weighted by molar-refractivity contribution is -0.123. The van der Waals surface area contributed by atoms with E-state index in [2.05, 4.69) is 15.2 Å². The Kier molecular flexibility index (Phi) is 5.05. The number of benzene rings is 1. The van der Waals surface area contributed by atoms with Crippen LogP contribution in [0.1, 0.15) is 79.6 Å². The van der Waals surface area contributed by atoms with Crippen molar-refractivity contribution in [3.63, 3.8) is 0 Å². The molecule has 1 aliphatic heterocycles. The molecular formula is C25H29N3O2. The van der Waals surface area contributed by atoms with Gasteiger partial charge < -0.3 is 10.2 Å². The van der Waals surface area contributed by atoms with Gasteiger partial charge in [-0.05, 0) is 49.4 Å². The van der Waals surface area contributed by atoms with Crippen LogP contribution in [0.5, 0.6) is 0 Å². The zero-order valence-electron chi connectivity index (χ0n) is 17.3. The van der Waals surface area contributed by atoms with Gasteiger partial charge in [-0.25, -0.2) is 0 Å². The SMILES string of the molecule is O=C(Nc1cccnc1)[C@H]1c2ccccc2C(=O)N(C2CCCC2)C12CCCCC2. The summed E-state index contributed by atoms with van der Waals surface area (Å²) in [7, 11) is 0. The molecule has 0 radical (unpaired) electrons. The molecule has 1 atom stereocenters. The standard InChI is InChI=1S/C25H29N3O2/c29-23(27-18-9-8-16-26-17-18)22-20-12-4-5-13-21(20)24(30)28(19-10-2-3-11-19)25(22)14-6-1-7-15-25/h4-5,8-9,12-13,16-17,19,22H,1-3,6-7,10-11,14-15H2,(H,27,29)/t22-/m1/s1. The highest BCUT2D eigenvalue weighted by atomic mass is 16.2. The van der Waals surface area contributed by atoms with Crippen LogP contribution < -0.4 is 5.32 Å². The van der Waals surface area contributed by atoms with E-state index in [1.165, 1.54) is 19.3 Å². The predicted molar refractivity (Wildman–Crippen MR) is 116 cm³/mol. The van der Waals surface area contributed by atoms with Crippen LogP contribution in [0.15, 0.2) is 48.8 Å². The zero-order chi connectivity index (χ0) is 20.6. The number of rotatable bonds is 3. The number of carbonyl (C=O) groups excluding carboxylic acids is 2. The highest BCUT2D eigenvalue weighted by Crippen LogP contribution is 2.51. The predicted octanol–water partition coefficient (Wildman–Crippen LogP) is 4.91. The Morgan fingerprint density at radius 3 is 2.50 bits per heavy atom. The van der Waals surface area contributed by atoms with Gasteiger partial charge in [-0.15, -0.1) is 0 Å².